The third kappa shape index (κ3) is 4.62. The van der Waals surface area contributed by atoms with Crippen LogP contribution in [0.4, 0.5) is 11.4 Å². The fourth-order valence-electron chi connectivity index (χ4n) is 2.12. The molecule has 6 heteroatoms. The number of nitrogens with one attached hydrogen (secondary N) is 2. The molecule has 2 rings (SSSR count). The number of rotatable bonds is 5. The van der Waals surface area contributed by atoms with E-state index in [1.165, 1.54) is 7.11 Å². The lowest BCUT2D eigenvalue weighted by Gasteiger charge is -2.21. The number of methoxy groups -OCH3 is 2. The molecule has 1 aromatic carbocycles. The summed E-state index contributed by atoms with van der Waals surface area (Å²) in [7, 11) is 3.11. The van der Waals surface area contributed by atoms with Crippen LogP contribution in [0.25, 0.3) is 0 Å². The summed E-state index contributed by atoms with van der Waals surface area (Å²) in [5, 5.41) is 6.09. The number of ether oxygens (including phenoxy) is 2. The molecule has 0 aliphatic heterocycles. The van der Waals surface area contributed by atoms with Crippen LogP contribution < -0.4 is 20.1 Å². The number of hydrogen-bond acceptors (Lipinski definition) is 5. The zero-order chi connectivity index (χ0) is 17.7. The first kappa shape index (κ1) is 17.6. The first-order chi connectivity index (χ1) is 11.3. The summed E-state index contributed by atoms with van der Waals surface area (Å²) < 4.78 is 10.4. The van der Waals surface area contributed by atoms with Crippen molar-refractivity contribution in [2.75, 3.05) is 24.9 Å². The van der Waals surface area contributed by atoms with E-state index < -0.39 is 0 Å². The molecule has 6 nitrogen and oxygen atoms in total. The highest BCUT2D eigenvalue weighted by atomic mass is 16.5. The number of pyridine rings is 1. The Bertz CT molecular complexity index is 706. The van der Waals surface area contributed by atoms with E-state index in [0.717, 1.165) is 5.69 Å². The lowest BCUT2D eigenvalue weighted by Crippen LogP contribution is -2.26. The molecule has 0 saturated carbocycles. The minimum Gasteiger partial charge on any atom is -0.497 e. The summed E-state index contributed by atoms with van der Waals surface area (Å²) >= 11 is 0. The Hall–Kier alpha value is -2.76. The van der Waals surface area contributed by atoms with Gasteiger partial charge in [0.15, 0.2) is 0 Å². The molecule has 0 atom stereocenters. The van der Waals surface area contributed by atoms with Crippen LogP contribution in [-0.4, -0.2) is 30.6 Å². The average Bonchev–Trinajstić information content (AvgIpc) is 2.54. The van der Waals surface area contributed by atoms with Gasteiger partial charge in [-0.15, -0.1) is 0 Å². The molecule has 0 aliphatic carbocycles. The van der Waals surface area contributed by atoms with E-state index in [4.69, 9.17) is 9.47 Å². The number of carbonyl (C=O) groups excluding carboxylic acids is 1. The number of carbonyl (C=O) groups is 1. The van der Waals surface area contributed by atoms with Crippen molar-refractivity contribution in [1.82, 2.24) is 4.98 Å². The minimum absolute atomic E-state index is 0.0675. The van der Waals surface area contributed by atoms with E-state index in [9.17, 15) is 4.79 Å². The lowest BCUT2D eigenvalue weighted by atomic mass is 10.1. The van der Waals surface area contributed by atoms with Crippen molar-refractivity contribution in [2.24, 2.45) is 0 Å². The first-order valence-electron chi connectivity index (χ1n) is 7.60. The molecular formula is C18H23N3O3. The van der Waals surface area contributed by atoms with Crippen molar-refractivity contribution in [2.45, 2.75) is 26.3 Å². The maximum Gasteiger partial charge on any atom is 0.274 e. The predicted molar refractivity (Wildman–Crippen MR) is 95.1 cm³/mol. The number of nitrogens with zero attached hydrogens (tertiary/aromatic N) is 1. The van der Waals surface area contributed by atoms with Crippen molar-refractivity contribution in [3.8, 4) is 11.5 Å². The molecule has 0 fully saturated rings. The predicted octanol–water partition coefficient (Wildman–Crippen LogP) is 3.56. The Morgan fingerprint density at radius 1 is 1.08 bits per heavy atom. The van der Waals surface area contributed by atoms with Crippen LogP contribution in [-0.2, 0) is 0 Å². The highest BCUT2D eigenvalue weighted by Crippen LogP contribution is 2.29. The monoisotopic (exact) mass is 329 g/mol. The number of benzene rings is 1. The van der Waals surface area contributed by atoms with E-state index in [1.807, 2.05) is 6.07 Å². The molecule has 0 aliphatic rings. The summed E-state index contributed by atoms with van der Waals surface area (Å²) in [6.45, 7) is 6.18. The zero-order valence-corrected chi connectivity index (χ0v) is 14.6. The van der Waals surface area contributed by atoms with Gasteiger partial charge in [-0.3, -0.25) is 4.79 Å². The SMILES string of the molecule is COc1ccc(NC(=O)c2ccc(NC(C)(C)C)cn2)c(OC)c1. The second-order valence-electron chi connectivity index (χ2n) is 6.33. The smallest absolute Gasteiger partial charge is 0.274 e. The van der Waals surface area contributed by atoms with Gasteiger partial charge in [0.2, 0.25) is 0 Å². The fourth-order valence-corrected chi connectivity index (χ4v) is 2.12. The van der Waals surface area contributed by atoms with Crippen LogP contribution in [0.1, 0.15) is 31.3 Å². The zero-order valence-electron chi connectivity index (χ0n) is 14.6. The largest absolute Gasteiger partial charge is 0.497 e. The normalized spacial score (nSPS) is 10.9. The van der Waals surface area contributed by atoms with E-state index in [2.05, 4.69) is 36.4 Å². The van der Waals surface area contributed by atoms with E-state index >= 15 is 0 Å². The van der Waals surface area contributed by atoms with Gasteiger partial charge < -0.3 is 20.1 Å². The average molecular weight is 329 g/mol. The molecule has 24 heavy (non-hydrogen) atoms. The highest BCUT2D eigenvalue weighted by Gasteiger charge is 2.13. The molecule has 1 aromatic heterocycles. The summed E-state index contributed by atoms with van der Waals surface area (Å²) in [5.74, 6) is 0.870. The quantitative estimate of drug-likeness (QED) is 0.877. The summed E-state index contributed by atoms with van der Waals surface area (Å²) in [5.41, 5.74) is 1.68. The van der Waals surface area contributed by atoms with E-state index in [0.29, 0.717) is 22.9 Å². The Labute approximate surface area is 142 Å². The molecule has 0 spiro atoms. The van der Waals surface area contributed by atoms with E-state index in [-0.39, 0.29) is 11.4 Å². The molecule has 2 N–H and O–H groups in total. The highest BCUT2D eigenvalue weighted by molar-refractivity contribution is 6.03. The van der Waals surface area contributed by atoms with Gasteiger partial charge in [-0.25, -0.2) is 4.98 Å². The number of amides is 1. The minimum atomic E-state index is -0.305. The second-order valence-corrected chi connectivity index (χ2v) is 6.33. The molecule has 1 amide bonds. The molecule has 0 radical (unpaired) electrons. The Morgan fingerprint density at radius 3 is 2.38 bits per heavy atom. The Balaban J connectivity index is 2.12. The van der Waals surface area contributed by atoms with E-state index in [1.54, 1.807) is 37.6 Å². The molecule has 0 unspecified atom stereocenters. The van der Waals surface area contributed by atoms with Gasteiger partial charge in [0, 0.05) is 11.6 Å². The maximum absolute atomic E-state index is 12.4. The van der Waals surface area contributed by atoms with Crippen molar-refractivity contribution < 1.29 is 14.3 Å². The fraction of sp³-hybridized carbons (Fsp3) is 0.333. The van der Waals surface area contributed by atoms with Crippen molar-refractivity contribution in [3.63, 3.8) is 0 Å². The molecule has 2 aromatic rings. The molecule has 0 saturated heterocycles. The lowest BCUT2D eigenvalue weighted by molar-refractivity contribution is 0.102. The maximum atomic E-state index is 12.4. The van der Waals surface area contributed by atoms with Crippen LogP contribution >= 0.6 is 0 Å². The van der Waals surface area contributed by atoms with Gasteiger partial charge >= 0.3 is 0 Å². The van der Waals surface area contributed by atoms with Crippen LogP contribution in [0.2, 0.25) is 0 Å². The summed E-state index contributed by atoms with van der Waals surface area (Å²) in [6.07, 6.45) is 1.64. The summed E-state index contributed by atoms with van der Waals surface area (Å²) in [6, 6.07) is 8.70. The number of anilines is 2. The van der Waals surface area contributed by atoms with Crippen molar-refractivity contribution in [3.05, 3.63) is 42.2 Å². The number of aromatic nitrogens is 1. The van der Waals surface area contributed by atoms with Gasteiger partial charge in [0.05, 0.1) is 31.8 Å². The standard InChI is InChI=1S/C18H23N3O3/c1-18(2,3)21-12-6-8-15(19-11-12)17(22)20-14-9-7-13(23-4)10-16(14)24-5/h6-11,21H,1-5H3,(H,20,22). The first-order valence-corrected chi connectivity index (χ1v) is 7.60. The van der Waals surface area contributed by atoms with Gasteiger partial charge in [0.1, 0.15) is 17.2 Å². The van der Waals surface area contributed by atoms with Crippen LogP contribution in [0, 0.1) is 0 Å². The molecule has 1 heterocycles. The molecular weight excluding hydrogens is 306 g/mol. The van der Waals surface area contributed by atoms with Crippen molar-refractivity contribution in [1.29, 1.82) is 0 Å². The molecule has 0 bridgehead atoms. The van der Waals surface area contributed by atoms with Gasteiger partial charge in [-0.1, -0.05) is 0 Å². The Kier molecular flexibility index (Phi) is 5.28. The van der Waals surface area contributed by atoms with Crippen molar-refractivity contribution >= 4 is 17.3 Å². The second kappa shape index (κ2) is 7.21. The van der Waals surface area contributed by atoms with Gasteiger partial charge in [0.25, 0.3) is 5.91 Å². The number of hydrogen-bond donors (Lipinski definition) is 2. The van der Waals surface area contributed by atoms with Gasteiger partial charge in [-0.2, -0.15) is 0 Å². The summed E-state index contributed by atoms with van der Waals surface area (Å²) in [4.78, 5) is 16.6. The molecule has 128 valence electrons. The Morgan fingerprint density at radius 2 is 1.83 bits per heavy atom. The van der Waals surface area contributed by atoms with Crippen LogP contribution in [0.15, 0.2) is 36.5 Å². The van der Waals surface area contributed by atoms with Crippen LogP contribution in [0.3, 0.4) is 0 Å². The third-order valence-electron chi connectivity index (χ3n) is 3.17. The third-order valence-corrected chi connectivity index (χ3v) is 3.17. The van der Waals surface area contributed by atoms with Gasteiger partial charge in [-0.05, 0) is 45.0 Å². The van der Waals surface area contributed by atoms with Crippen LogP contribution in [0.5, 0.6) is 11.5 Å². The topological polar surface area (TPSA) is 72.5 Å².